The Morgan fingerprint density at radius 3 is 2.71 bits per heavy atom. The lowest BCUT2D eigenvalue weighted by molar-refractivity contribution is -0.0704. The number of hydrogen-bond acceptors (Lipinski definition) is 2. The predicted molar refractivity (Wildman–Crippen MR) is 68.4 cm³/mol. The Hall–Kier alpha value is -1.15. The summed E-state index contributed by atoms with van der Waals surface area (Å²) in [7, 11) is 1.72. The quantitative estimate of drug-likeness (QED) is 0.727. The molecule has 2 heteroatoms. The van der Waals surface area contributed by atoms with Crippen LogP contribution in [0.2, 0.25) is 0 Å². The highest BCUT2D eigenvalue weighted by atomic mass is 16.5. The van der Waals surface area contributed by atoms with Crippen molar-refractivity contribution in [1.82, 2.24) is 0 Å². The molecule has 1 aliphatic rings. The van der Waals surface area contributed by atoms with Gasteiger partial charge in [0, 0.05) is 19.1 Å². The highest BCUT2D eigenvalue weighted by molar-refractivity contribution is 5.97. The van der Waals surface area contributed by atoms with Gasteiger partial charge in [-0.25, -0.2) is 0 Å². The number of rotatable bonds is 5. The molecule has 1 aromatic rings. The lowest BCUT2D eigenvalue weighted by atomic mass is 9.75. The molecule has 0 bridgehead atoms. The average molecular weight is 232 g/mol. The Balaban J connectivity index is 2.08. The van der Waals surface area contributed by atoms with E-state index in [0.29, 0.717) is 6.42 Å². The lowest BCUT2D eigenvalue weighted by Crippen LogP contribution is -2.41. The maximum absolute atomic E-state index is 12.2. The van der Waals surface area contributed by atoms with Crippen molar-refractivity contribution in [3.63, 3.8) is 0 Å². The Bertz CT molecular complexity index is 400. The molecule has 2 rings (SSSR count). The van der Waals surface area contributed by atoms with E-state index in [1.807, 2.05) is 18.2 Å². The summed E-state index contributed by atoms with van der Waals surface area (Å²) in [5.74, 6) is 0.210. The maximum atomic E-state index is 12.2. The number of Topliss-reactive ketones (excluding diaryl/α,β-unsaturated/α-hetero) is 1. The van der Waals surface area contributed by atoms with E-state index in [9.17, 15) is 4.79 Å². The maximum Gasteiger partial charge on any atom is 0.165 e. The molecule has 0 N–H and O–H groups in total. The summed E-state index contributed by atoms with van der Waals surface area (Å²) in [4.78, 5) is 12.2. The third kappa shape index (κ3) is 2.58. The van der Waals surface area contributed by atoms with Gasteiger partial charge >= 0.3 is 0 Å². The molecule has 0 aliphatic heterocycles. The van der Waals surface area contributed by atoms with Crippen molar-refractivity contribution in [2.45, 2.75) is 44.6 Å². The lowest BCUT2D eigenvalue weighted by Gasteiger charge is -2.40. The largest absolute Gasteiger partial charge is 0.378 e. The van der Waals surface area contributed by atoms with Gasteiger partial charge in [0.1, 0.15) is 0 Å². The zero-order chi connectivity index (χ0) is 12.3. The summed E-state index contributed by atoms with van der Waals surface area (Å²) in [6.07, 6.45) is 4.70. The summed E-state index contributed by atoms with van der Waals surface area (Å²) in [5, 5.41) is 0. The molecule has 92 valence electrons. The van der Waals surface area contributed by atoms with Crippen LogP contribution in [0.1, 0.15) is 48.5 Å². The van der Waals surface area contributed by atoms with Crippen molar-refractivity contribution in [2.75, 3.05) is 7.11 Å². The van der Waals surface area contributed by atoms with Crippen molar-refractivity contribution in [3.8, 4) is 0 Å². The summed E-state index contributed by atoms with van der Waals surface area (Å²) in [6, 6.07) is 7.94. The fraction of sp³-hybridized carbons (Fsp3) is 0.533. The molecule has 1 fully saturated rings. The molecule has 0 radical (unpaired) electrons. The van der Waals surface area contributed by atoms with Crippen molar-refractivity contribution in [3.05, 3.63) is 35.4 Å². The zero-order valence-corrected chi connectivity index (χ0v) is 10.7. The van der Waals surface area contributed by atoms with Gasteiger partial charge in [-0.15, -0.1) is 0 Å². The minimum Gasteiger partial charge on any atom is -0.378 e. The summed E-state index contributed by atoms with van der Waals surface area (Å²) >= 11 is 0. The second-order valence-electron chi connectivity index (χ2n) is 4.89. The van der Waals surface area contributed by atoms with E-state index >= 15 is 0 Å². The Morgan fingerprint density at radius 1 is 1.41 bits per heavy atom. The molecule has 17 heavy (non-hydrogen) atoms. The van der Waals surface area contributed by atoms with Gasteiger partial charge in [0.05, 0.1) is 5.60 Å². The monoisotopic (exact) mass is 232 g/mol. The van der Waals surface area contributed by atoms with Crippen LogP contribution >= 0.6 is 0 Å². The van der Waals surface area contributed by atoms with Crippen LogP contribution in [0, 0.1) is 0 Å². The fourth-order valence-electron chi connectivity index (χ4n) is 2.38. The van der Waals surface area contributed by atoms with Gasteiger partial charge in [0.25, 0.3) is 0 Å². The minimum atomic E-state index is -0.167. The van der Waals surface area contributed by atoms with Gasteiger partial charge in [-0.1, -0.05) is 25.1 Å². The highest BCUT2D eigenvalue weighted by Gasteiger charge is 2.39. The molecule has 0 atom stereocenters. The van der Waals surface area contributed by atoms with Gasteiger partial charge in [0.2, 0.25) is 0 Å². The first-order valence-corrected chi connectivity index (χ1v) is 6.36. The molecule has 0 unspecified atom stereocenters. The molecule has 1 aliphatic carbocycles. The predicted octanol–water partition coefficient (Wildman–Crippen LogP) is 3.39. The van der Waals surface area contributed by atoms with Crippen molar-refractivity contribution in [1.29, 1.82) is 0 Å². The van der Waals surface area contributed by atoms with Crippen LogP contribution in [0.5, 0.6) is 0 Å². The second kappa shape index (κ2) is 5.01. The van der Waals surface area contributed by atoms with Crippen LogP contribution in [-0.4, -0.2) is 18.5 Å². The van der Waals surface area contributed by atoms with Crippen LogP contribution in [0.25, 0.3) is 0 Å². The van der Waals surface area contributed by atoms with E-state index in [-0.39, 0.29) is 11.4 Å². The summed E-state index contributed by atoms with van der Waals surface area (Å²) in [5.41, 5.74) is 1.88. The topological polar surface area (TPSA) is 26.3 Å². The van der Waals surface area contributed by atoms with Crippen LogP contribution in [0.15, 0.2) is 24.3 Å². The first-order valence-electron chi connectivity index (χ1n) is 6.36. The van der Waals surface area contributed by atoms with E-state index in [0.717, 1.165) is 24.8 Å². The number of benzene rings is 1. The molecule has 0 heterocycles. The molecule has 2 nitrogen and oxygen atoms in total. The summed E-state index contributed by atoms with van der Waals surface area (Å²) < 4.78 is 5.50. The van der Waals surface area contributed by atoms with Crippen molar-refractivity contribution in [2.24, 2.45) is 0 Å². The first-order chi connectivity index (χ1) is 8.19. The van der Waals surface area contributed by atoms with E-state index < -0.39 is 0 Å². The standard InChI is InChI=1S/C15H20O2/c1-3-12-6-4-7-13(10-12)14(16)11-15(17-2)8-5-9-15/h4,6-7,10H,3,5,8-9,11H2,1-2H3. The molecular weight excluding hydrogens is 212 g/mol. The van der Waals surface area contributed by atoms with Gasteiger partial charge in [0.15, 0.2) is 5.78 Å². The molecule has 0 spiro atoms. The molecule has 1 saturated carbocycles. The normalized spacial score (nSPS) is 17.5. The first kappa shape index (κ1) is 12.3. The third-order valence-electron chi connectivity index (χ3n) is 3.84. The Labute approximate surface area is 103 Å². The van der Waals surface area contributed by atoms with Gasteiger partial charge in [-0.2, -0.15) is 0 Å². The van der Waals surface area contributed by atoms with Crippen LogP contribution in [0.3, 0.4) is 0 Å². The number of methoxy groups -OCH3 is 1. The molecule has 1 aromatic carbocycles. The fourth-order valence-corrected chi connectivity index (χ4v) is 2.38. The van der Waals surface area contributed by atoms with E-state index in [2.05, 4.69) is 13.0 Å². The van der Waals surface area contributed by atoms with Gasteiger partial charge in [-0.3, -0.25) is 4.79 Å². The molecular formula is C15H20O2. The van der Waals surface area contributed by atoms with Crippen molar-refractivity contribution >= 4 is 5.78 Å². The SMILES string of the molecule is CCc1cccc(C(=O)CC2(OC)CCC2)c1. The number of carbonyl (C=O) groups is 1. The minimum absolute atomic E-state index is 0.167. The Morgan fingerprint density at radius 2 is 2.18 bits per heavy atom. The van der Waals surface area contributed by atoms with E-state index in [1.54, 1.807) is 7.11 Å². The highest BCUT2D eigenvalue weighted by Crippen LogP contribution is 2.38. The average Bonchev–Trinajstić information content (AvgIpc) is 2.33. The van der Waals surface area contributed by atoms with Crippen LogP contribution in [-0.2, 0) is 11.2 Å². The number of ether oxygens (including phenoxy) is 1. The number of hydrogen-bond donors (Lipinski definition) is 0. The Kier molecular flexibility index (Phi) is 3.63. The van der Waals surface area contributed by atoms with Crippen molar-refractivity contribution < 1.29 is 9.53 Å². The number of ketones is 1. The van der Waals surface area contributed by atoms with E-state index in [4.69, 9.17) is 4.74 Å². The molecule has 0 aromatic heterocycles. The van der Waals surface area contributed by atoms with Gasteiger partial charge in [-0.05, 0) is 37.3 Å². The second-order valence-corrected chi connectivity index (χ2v) is 4.89. The van der Waals surface area contributed by atoms with Crippen LogP contribution < -0.4 is 0 Å². The smallest absolute Gasteiger partial charge is 0.165 e. The van der Waals surface area contributed by atoms with E-state index in [1.165, 1.54) is 12.0 Å². The summed E-state index contributed by atoms with van der Waals surface area (Å²) in [6.45, 7) is 2.10. The van der Waals surface area contributed by atoms with Crippen LogP contribution in [0.4, 0.5) is 0 Å². The third-order valence-corrected chi connectivity index (χ3v) is 3.84. The molecule has 0 saturated heterocycles. The van der Waals surface area contributed by atoms with Gasteiger partial charge < -0.3 is 4.74 Å². The molecule has 0 amide bonds. The zero-order valence-electron chi connectivity index (χ0n) is 10.7. The number of aryl methyl sites for hydroxylation is 1. The number of carbonyl (C=O) groups excluding carboxylic acids is 1.